The highest BCUT2D eigenvalue weighted by atomic mass is 35.5. The molecule has 0 bridgehead atoms. The molecule has 148 valence electrons. The second kappa shape index (κ2) is 9.03. The number of hydrogen-bond donors (Lipinski definition) is 2. The number of aromatic nitrogens is 1. The number of hydrogen-bond acceptors (Lipinski definition) is 6. The molecule has 8 nitrogen and oxygen atoms in total. The van der Waals surface area contributed by atoms with Crippen molar-refractivity contribution >= 4 is 40.9 Å². The highest BCUT2D eigenvalue weighted by molar-refractivity contribution is 6.30. The predicted molar refractivity (Wildman–Crippen MR) is 106 cm³/mol. The maximum atomic E-state index is 12.2. The molecule has 0 aliphatic carbocycles. The number of anilines is 2. The number of nitrogens with zero attached hydrogens (tertiary/aromatic N) is 1. The summed E-state index contributed by atoms with van der Waals surface area (Å²) in [5.74, 6) is -1.16. The Morgan fingerprint density at radius 3 is 2.45 bits per heavy atom. The van der Waals surface area contributed by atoms with Gasteiger partial charge in [0, 0.05) is 11.9 Å². The molecule has 3 rings (SSSR count). The number of furan rings is 1. The SMILES string of the molecule is C[C@@H](OC(=O)c1ccc(NC(=O)c2ccco2)cc1)C(=O)Nc1ccc(Cl)cn1. The number of amides is 2. The fourth-order valence-corrected chi connectivity index (χ4v) is 2.36. The van der Waals surface area contributed by atoms with Crippen LogP contribution in [0.5, 0.6) is 0 Å². The van der Waals surface area contributed by atoms with Crippen molar-refractivity contribution in [2.75, 3.05) is 10.6 Å². The zero-order valence-corrected chi connectivity index (χ0v) is 16.0. The van der Waals surface area contributed by atoms with E-state index in [1.54, 1.807) is 24.3 Å². The summed E-state index contributed by atoms with van der Waals surface area (Å²) in [4.78, 5) is 40.2. The van der Waals surface area contributed by atoms with Crippen LogP contribution in [0.4, 0.5) is 11.5 Å². The minimum Gasteiger partial charge on any atom is -0.459 e. The molecule has 0 fully saturated rings. The molecule has 2 aromatic heterocycles. The number of pyridine rings is 1. The van der Waals surface area contributed by atoms with Gasteiger partial charge in [-0.25, -0.2) is 9.78 Å². The van der Waals surface area contributed by atoms with Gasteiger partial charge in [0.1, 0.15) is 5.82 Å². The van der Waals surface area contributed by atoms with Gasteiger partial charge in [0.05, 0.1) is 16.8 Å². The van der Waals surface area contributed by atoms with E-state index in [2.05, 4.69) is 15.6 Å². The van der Waals surface area contributed by atoms with Gasteiger partial charge in [0.2, 0.25) is 0 Å². The smallest absolute Gasteiger partial charge is 0.338 e. The topological polar surface area (TPSA) is 111 Å². The molecule has 2 heterocycles. The van der Waals surface area contributed by atoms with Crippen LogP contribution in [0.15, 0.2) is 65.4 Å². The number of halogens is 1. The maximum Gasteiger partial charge on any atom is 0.338 e. The fourth-order valence-electron chi connectivity index (χ4n) is 2.25. The lowest BCUT2D eigenvalue weighted by atomic mass is 10.2. The van der Waals surface area contributed by atoms with Crippen LogP contribution in [0.1, 0.15) is 27.8 Å². The molecule has 2 N–H and O–H groups in total. The Labute approximate surface area is 170 Å². The summed E-state index contributed by atoms with van der Waals surface area (Å²) in [7, 11) is 0. The molecular weight excluding hydrogens is 398 g/mol. The number of nitrogens with one attached hydrogen (secondary N) is 2. The lowest BCUT2D eigenvalue weighted by Gasteiger charge is -2.13. The average Bonchev–Trinajstić information content (AvgIpc) is 3.25. The molecule has 0 unspecified atom stereocenters. The highest BCUT2D eigenvalue weighted by Crippen LogP contribution is 2.14. The van der Waals surface area contributed by atoms with Crippen LogP contribution in [-0.2, 0) is 9.53 Å². The van der Waals surface area contributed by atoms with Gasteiger partial charge in [-0.15, -0.1) is 0 Å². The molecule has 9 heteroatoms. The van der Waals surface area contributed by atoms with E-state index in [4.69, 9.17) is 20.8 Å². The van der Waals surface area contributed by atoms with Crippen molar-refractivity contribution < 1.29 is 23.5 Å². The lowest BCUT2D eigenvalue weighted by Crippen LogP contribution is -2.30. The Morgan fingerprint density at radius 2 is 1.83 bits per heavy atom. The molecule has 0 saturated carbocycles. The van der Waals surface area contributed by atoms with Crippen molar-refractivity contribution in [2.24, 2.45) is 0 Å². The molecule has 0 saturated heterocycles. The van der Waals surface area contributed by atoms with Gasteiger partial charge >= 0.3 is 5.97 Å². The molecule has 1 aromatic carbocycles. The molecule has 29 heavy (non-hydrogen) atoms. The fraction of sp³-hybridized carbons (Fsp3) is 0.100. The van der Waals surface area contributed by atoms with Gasteiger partial charge in [-0.2, -0.15) is 0 Å². The third-order valence-corrected chi connectivity index (χ3v) is 3.98. The number of rotatable bonds is 6. The summed E-state index contributed by atoms with van der Waals surface area (Å²) < 4.78 is 10.2. The second-order valence-electron chi connectivity index (χ2n) is 5.91. The Morgan fingerprint density at radius 1 is 1.07 bits per heavy atom. The summed E-state index contributed by atoms with van der Waals surface area (Å²) in [5, 5.41) is 5.60. The first-order valence-corrected chi connectivity index (χ1v) is 8.88. The molecule has 0 radical (unpaired) electrons. The summed E-state index contributed by atoms with van der Waals surface area (Å²) >= 11 is 5.74. The number of benzene rings is 1. The van der Waals surface area contributed by atoms with E-state index in [1.807, 2.05) is 0 Å². The molecule has 0 aliphatic rings. The first-order chi connectivity index (χ1) is 13.9. The normalized spacial score (nSPS) is 11.4. The van der Waals surface area contributed by atoms with Crippen molar-refractivity contribution in [1.29, 1.82) is 0 Å². The summed E-state index contributed by atoms with van der Waals surface area (Å²) in [5.41, 5.74) is 0.702. The Bertz CT molecular complexity index is 1000. The third kappa shape index (κ3) is 5.43. The first kappa shape index (κ1) is 20.1. The molecular formula is C20H16ClN3O5. The minimum absolute atomic E-state index is 0.170. The average molecular weight is 414 g/mol. The Hall–Kier alpha value is -3.65. The van der Waals surface area contributed by atoms with Crippen LogP contribution in [0, 0.1) is 0 Å². The van der Waals surface area contributed by atoms with Gasteiger partial charge in [-0.05, 0) is 55.5 Å². The van der Waals surface area contributed by atoms with E-state index < -0.39 is 23.9 Å². The van der Waals surface area contributed by atoms with Crippen molar-refractivity contribution in [3.05, 3.63) is 77.3 Å². The predicted octanol–water partition coefficient (Wildman–Crippen LogP) is 3.76. The second-order valence-corrected chi connectivity index (χ2v) is 6.34. The third-order valence-electron chi connectivity index (χ3n) is 3.76. The zero-order chi connectivity index (χ0) is 20.8. The summed E-state index contributed by atoms with van der Waals surface area (Å²) in [6, 6.07) is 12.3. The Balaban J connectivity index is 1.54. The monoisotopic (exact) mass is 413 g/mol. The van der Waals surface area contributed by atoms with Gasteiger partial charge in [-0.1, -0.05) is 11.6 Å². The molecule has 1 atom stereocenters. The van der Waals surface area contributed by atoms with E-state index in [1.165, 1.54) is 43.6 Å². The van der Waals surface area contributed by atoms with Gasteiger partial charge in [0.15, 0.2) is 11.9 Å². The van der Waals surface area contributed by atoms with E-state index in [-0.39, 0.29) is 11.3 Å². The van der Waals surface area contributed by atoms with Crippen LogP contribution in [-0.4, -0.2) is 28.9 Å². The summed E-state index contributed by atoms with van der Waals surface area (Å²) in [6.45, 7) is 1.45. The minimum atomic E-state index is -1.04. The molecule has 0 spiro atoms. The summed E-state index contributed by atoms with van der Waals surface area (Å²) in [6.07, 6.45) is 1.74. The van der Waals surface area contributed by atoms with E-state index in [0.29, 0.717) is 16.5 Å². The Kier molecular flexibility index (Phi) is 6.25. The largest absolute Gasteiger partial charge is 0.459 e. The van der Waals surface area contributed by atoms with Gasteiger partial charge in [-0.3, -0.25) is 9.59 Å². The van der Waals surface area contributed by atoms with Crippen molar-refractivity contribution in [1.82, 2.24) is 4.98 Å². The van der Waals surface area contributed by atoms with E-state index in [0.717, 1.165) is 0 Å². The highest BCUT2D eigenvalue weighted by Gasteiger charge is 2.19. The van der Waals surface area contributed by atoms with Gasteiger partial charge < -0.3 is 19.8 Å². The number of ether oxygens (including phenoxy) is 1. The van der Waals surface area contributed by atoms with Crippen LogP contribution >= 0.6 is 11.6 Å². The lowest BCUT2D eigenvalue weighted by molar-refractivity contribution is -0.123. The van der Waals surface area contributed by atoms with Gasteiger partial charge in [0.25, 0.3) is 11.8 Å². The maximum absolute atomic E-state index is 12.2. The number of carbonyl (C=O) groups is 3. The first-order valence-electron chi connectivity index (χ1n) is 8.50. The number of esters is 1. The molecule has 3 aromatic rings. The van der Waals surface area contributed by atoms with E-state index in [9.17, 15) is 14.4 Å². The molecule has 0 aliphatic heterocycles. The zero-order valence-electron chi connectivity index (χ0n) is 15.2. The van der Waals surface area contributed by atoms with Crippen LogP contribution < -0.4 is 10.6 Å². The number of carbonyl (C=O) groups excluding carboxylic acids is 3. The quantitative estimate of drug-likeness (QED) is 0.595. The van der Waals surface area contributed by atoms with Crippen LogP contribution in [0.25, 0.3) is 0 Å². The van der Waals surface area contributed by atoms with Crippen molar-refractivity contribution in [3.8, 4) is 0 Å². The standard InChI is InChI=1S/C20H16ClN3O5/c1-12(18(25)24-17-9-6-14(21)11-22-17)29-20(27)13-4-7-15(8-5-13)23-19(26)16-3-2-10-28-16/h2-12H,1H3,(H,23,26)(H,22,24,25)/t12-/m1/s1. The van der Waals surface area contributed by atoms with Crippen molar-refractivity contribution in [3.63, 3.8) is 0 Å². The van der Waals surface area contributed by atoms with Crippen LogP contribution in [0.2, 0.25) is 5.02 Å². The van der Waals surface area contributed by atoms with E-state index >= 15 is 0 Å². The molecule has 2 amide bonds. The van der Waals surface area contributed by atoms with Crippen LogP contribution in [0.3, 0.4) is 0 Å². The van der Waals surface area contributed by atoms with Crippen molar-refractivity contribution in [2.45, 2.75) is 13.0 Å².